The van der Waals surface area contributed by atoms with Crippen LogP contribution in [0.4, 0.5) is 0 Å². The molecule has 6 heteroatoms. The van der Waals surface area contributed by atoms with Crippen molar-refractivity contribution >= 4 is 11.9 Å². The first-order valence-corrected chi connectivity index (χ1v) is 5.02. The van der Waals surface area contributed by atoms with Crippen LogP contribution in [0.25, 0.3) is 0 Å². The smallest absolute Gasteiger partial charge is 0.326 e. The first-order chi connectivity index (χ1) is 7.97. The Balaban J connectivity index is 2.94. The van der Waals surface area contributed by atoms with Crippen LogP contribution >= 0.6 is 0 Å². The van der Waals surface area contributed by atoms with E-state index in [-0.39, 0.29) is 12.0 Å². The van der Waals surface area contributed by atoms with Gasteiger partial charge in [0.1, 0.15) is 23.1 Å². The van der Waals surface area contributed by atoms with Crippen LogP contribution in [0.15, 0.2) is 18.2 Å². The van der Waals surface area contributed by atoms with Gasteiger partial charge in [0.2, 0.25) is 0 Å². The second-order valence-corrected chi connectivity index (χ2v) is 3.44. The van der Waals surface area contributed by atoms with Gasteiger partial charge in [-0.2, -0.15) is 0 Å². The van der Waals surface area contributed by atoms with E-state index in [1.807, 2.05) is 0 Å². The number of hydrogen-bond donors (Lipinski definition) is 4. The lowest BCUT2D eigenvalue weighted by atomic mass is 10.1. The molecule has 0 fully saturated rings. The third-order valence-electron chi connectivity index (χ3n) is 2.26. The number of carbonyl (C=O) groups is 2. The van der Waals surface area contributed by atoms with Crippen molar-refractivity contribution in [1.29, 1.82) is 0 Å². The standard InChI is InChI=1S/C11H13NO5/c1-2-6(11(16)17)12-10(15)9-7(13)4-3-5-8(9)14/h3-6,13-14H,2H2,1H3,(H,12,15)(H,16,17)/t6-/m1/s1. The molecule has 1 aromatic carbocycles. The third kappa shape index (κ3) is 2.87. The largest absolute Gasteiger partial charge is 0.507 e. The molecule has 1 aromatic rings. The van der Waals surface area contributed by atoms with Gasteiger partial charge in [-0.15, -0.1) is 0 Å². The van der Waals surface area contributed by atoms with Crippen LogP contribution in [0.1, 0.15) is 23.7 Å². The van der Waals surface area contributed by atoms with Crippen LogP contribution in [-0.4, -0.2) is 33.2 Å². The Bertz CT molecular complexity index is 423. The van der Waals surface area contributed by atoms with Gasteiger partial charge in [-0.05, 0) is 18.6 Å². The van der Waals surface area contributed by atoms with Crippen molar-refractivity contribution in [3.05, 3.63) is 23.8 Å². The van der Waals surface area contributed by atoms with Gasteiger partial charge in [-0.3, -0.25) is 4.79 Å². The van der Waals surface area contributed by atoms with Crippen molar-refractivity contribution in [2.45, 2.75) is 19.4 Å². The van der Waals surface area contributed by atoms with E-state index < -0.39 is 29.4 Å². The summed E-state index contributed by atoms with van der Waals surface area (Å²) in [6.07, 6.45) is 0.204. The quantitative estimate of drug-likeness (QED) is 0.618. The van der Waals surface area contributed by atoms with Gasteiger partial charge in [0.25, 0.3) is 5.91 Å². The lowest BCUT2D eigenvalue weighted by molar-refractivity contribution is -0.139. The molecule has 0 saturated carbocycles. The Morgan fingerprint density at radius 2 is 1.82 bits per heavy atom. The van der Waals surface area contributed by atoms with Gasteiger partial charge >= 0.3 is 5.97 Å². The predicted octanol–water partition coefficient (Wildman–Crippen LogP) is 0.691. The number of benzene rings is 1. The number of phenols is 2. The zero-order chi connectivity index (χ0) is 13.0. The van der Waals surface area contributed by atoms with Gasteiger partial charge < -0.3 is 20.6 Å². The average molecular weight is 239 g/mol. The van der Waals surface area contributed by atoms with Crippen molar-refractivity contribution in [3.8, 4) is 11.5 Å². The van der Waals surface area contributed by atoms with E-state index in [1.165, 1.54) is 18.2 Å². The SMILES string of the molecule is CC[C@@H](NC(=O)c1c(O)cccc1O)C(=O)O. The molecule has 0 bridgehead atoms. The van der Waals surface area contributed by atoms with Gasteiger partial charge in [0.05, 0.1) is 0 Å². The molecule has 0 aliphatic rings. The van der Waals surface area contributed by atoms with Crippen molar-refractivity contribution < 1.29 is 24.9 Å². The topological polar surface area (TPSA) is 107 Å². The van der Waals surface area contributed by atoms with Crippen LogP contribution < -0.4 is 5.32 Å². The van der Waals surface area contributed by atoms with Crippen LogP contribution in [0.3, 0.4) is 0 Å². The van der Waals surface area contributed by atoms with Crippen LogP contribution in [0, 0.1) is 0 Å². The summed E-state index contributed by atoms with van der Waals surface area (Å²) in [5.74, 6) is -2.80. The Hall–Kier alpha value is -2.24. The van der Waals surface area contributed by atoms with Gasteiger partial charge in [0, 0.05) is 0 Å². The average Bonchev–Trinajstić information content (AvgIpc) is 2.25. The molecule has 1 amide bonds. The monoisotopic (exact) mass is 239 g/mol. The summed E-state index contributed by atoms with van der Waals surface area (Å²) >= 11 is 0. The highest BCUT2D eigenvalue weighted by Gasteiger charge is 2.22. The zero-order valence-corrected chi connectivity index (χ0v) is 9.17. The van der Waals surface area contributed by atoms with Gasteiger partial charge in [-0.1, -0.05) is 13.0 Å². The van der Waals surface area contributed by atoms with Gasteiger partial charge in [-0.25, -0.2) is 4.79 Å². The zero-order valence-electron chi connectivity index (χ0n) is 9.17. The molecule has 0 radical (unpaired) electrons. The molecule has 1 rings (SSSR count). The van der Waals surface area contributed by atoms with E-state index in [9.17, 15) is 19.8 Å². The highest BCUT2D eigenvalue weighted by atomic mass is 16.4. The number of amides is 1. The number of aromatic hydroxyl groups is 2. The molecule has 6 nitrogen and oxygen atoms in total. The second kappa shape index (κ2) is 5.20. The summed E-state index contributed by atoms with van der Waals surface area (Å²) in [6.45, 7) is 1.60. The molecule has 4 N–H and O–H groups in total. The summed E-state index contributed by atoms with van der Waals surface area (Å²) in [7, 11) is 0. The maximum atomic E-state index is 11.7. The van der Waals surface area contributed by atoms with Crippen molar-refractivity contribution in [3.63, 3.8) is 0 Å². The summed E-state index contributed by atoms with van der Waals surface area (Å²) in [4.78, 5) is 22.4. The second-order valence-electron chi connectivity index (χ2n) is 3.44. The minimum atomic E-state index is -1.17. The molecular formula is C11H13NO5. The molecular weight excluding hydrogens is 226 g/mol. The summed E-state index contributed by atoms with van der Waals surface area (Å²) in [5.41, 5.74) is -0.327. The summed E-state index contributed by atoms with van der Waals surface area (Å²) < 4.78 is 0. The number of aliphatic carboxylic acids is 1. The van der Waals surface area contributed by atoms with E-state index in [4.69, 9.17) is 5.11 Å². The maximum Gasteiger partial charge on any atom is 0.326 e. The molecule has 0 saturated heterocycles. The number of rotatable bonds is 4. The van der Waals surface area contributed by atoms with E-state index in [0.717, 1.165) is 0 Å². The lowest BCUT2D eigenvalue weighted by Crippen LogP contribution is -2.40. The number of nitrogens with one attached hydrogen (secondary N) is 1. The van der Waals surface area contributed by atoms with E-state index >= 15 is 0 Å². The molecule has 1 atom stereocenters. The highest BCUT2D eigenvalue weighted by molar-refractivity contribution is 6.01. The normalized spacial score (nSPS) is 11.8. The predicted molar refractivity (Wildman–Crippen MR) is 59.0 cm³/mol. The summed E-state index contributed by atoms with van der Waals surface area (Å²) in [5, 5.41) is 29.8. The Morgan fingerprint density at radius 1 is 1.29 bits per heavy atom. The Labute approximate surface area is 97.5 Å². The number of carboxylic acid groups (broad SMARTS) is 1. The van der Waals surface area contributed by atoms with Gasteiger partial charge in [0.15, 0.2) is 0 Å². The fourth-order valence-electron chi connectivity index (χ4n) is 1.33. The van der Waals surface area contributed by atoms with E-state index in [2.05, 4.69) is 5.32 Å². The Morgan fingerprint density at radius 3 is 2.24 bits per heavy atom. The molecule has 0 aliphatic carbocycles. The first kappa shape index (κ1) is 12.8. The van der Waals surface area contributed by atoms with E-state index in [1.54, 1.807) is 6.92 Å². The highest BCUT2D eigenvalue weighted by Crippen LogP contribution is 2.25. The number of hydrogen-bond acceptors (Lipinski definition) is 4. The van der Waals surface area contributed by atoms with Crippen molar-refractivity contribution in [1.82, 2.24) is 5.32 Å². The van der Waals surface area contributed by atoms with Crippen molar-refractivity contribution in [2.24, 2.45) is 0 Å². The number of phenolic OH excluding ortho intramolecular Hbond substituents is 2. The molecule has 17 heavy (non-hydrogen) atoms. The fraction of sp³-hybridized carbons (Fsp3) is 0.273. The minimum Gasteiger partial charge on any atom is -0.507 e. The lowest BCUT2D eigenvalue weighted by Gasteiger charge is -2.13. The number of carbonyl (C=O) groups excluding carboxylic acids is 1. The first-order valence-electron chi connectivity index (χ1n) is 5.02. The molecule has 0 aromatic heterocycles. The number of carboxylic acids is 1. The van der Waals surface area contributed by atoms with E-state index in [0.29, 0.717) is 0 Å². The summed E-state index contributed by atoms with van der Waals surface area (Å²) in [6, 6.07) is 2.78. The minimum absolute atomic E-state index is 0.204. The molecule has 0 aliphatic heterocycles. The van der Waals surface area contributed by atoms with Crippen LogP contribution in [-0.2, 0) is 4.79 Å². The Kier molecular flexibility index (Phi) is 3.92. The fourth-order valence-corrected chi connectivity index (χ4v) is 1.33. The third-order valence-corrected chi connectivity index (χ3v) is 2.26. The molecule has 0 heterocycles. The molecule has 0 unspecified atom stereocenters. The maximum absolute atomic E-state index is 11.7. The van der Waals surface area contributed by atoms with Crippen LogP contribution in [0.2, 0.25) is 0 Å². The molecule has 92 valence electrons. The molecule has 0 spiro atoms. The van der Waals surface area contributed by atoms with Crippen molar-refractivity contribution in [2.75, 3.05) is 0 Å². The van der Waals surface area contributed by atoms with Crippen LogP contribution in [0.5, 0.6) is 11.5 Å².